The monoisotopic (exact) mass is 269 g/mol. The number of nitrogens with one attached hydrogen (secondary N) is 1. The van der Waals surface area contributed by atoms with E-state index in [4.69, 9.17) is 11.6 Å². The highest BCUT2D eigenvalue weighted by Gasteiger charge is 2.31. The van der Waals surface area contributed by atoms with Gasteiger partial charge in [0.25, 0.3) is 0 Å². The van der Waals surface area contributed by atoms with E-state index in [1.165, 1.54) is 23.5 Å². The summed E-state index contributed by atoms with van der Waals surface area (Å²) in [4.78, 5) is 0. The van der Waals surface area contributed by atoms with E-state index in [9.17, 15) is 0 Å². The molecule has 1 aliphatic heterocycles. The highest BCUT2D eigenvalue weighted by molar-refractivity contribution is 7.99. The molecule has 1 aliphatic rings. The Bertz CT molecular complexity index is 378. The SMILES string of the molecule is CC1(C)CCSCC1NCc1ccccc1Cl. The third-order valence-electron chi connectivity index (χ3n) is 3.62. The Morgan fingerprint density at radius 3 is 2.88 bits per heavy atom. The van der Waals surface area contributed by atoms with Crippen molar-refractivity contribution in [3.8, 4) is 0 Å². The molecule has 1 fully saturated rings. The van der Waals surface area contributed by atoms with Gasteiger partial charge in [0.05, 0.1) is 0 Å². The van der Waals surface area contributed by atoms with Gasteiger partial charge < -0.3 is 5.32 Å². The van der Waals surface area contributed by atoms with Crippen LogP contribution in [0.15, 0.2) is 24.3 Å². The van der Waals surface area contributed by atoms with E-state index >= 15 is 0 Å². The third kappa shape index (κ3) is 3.40. The molecule has 1 saturated heterocycles. The summed E-state index contributed by atoms with van der Waals surface area (Å²) in [6.45, 7) is 5.59. The summed E-state index contributed by atoms with van der Waals surface area (Å²) >= 11 is 8.22. The molecule has 3 heteroatoms. The molecule has 17 heavy (non-hydrogen) atoms. The fraction of sp³-hybridized carbons (Fsp3) is 0.571. The predicted octanol–water partition coefficient (Wildman–Crippen LogP) is 3.96. The van der Waals surface area contributed by atoms with Crippen LogP contribution in [0.3, 0.4) is 0 Å². The first kappa shape index (κ1) is 13.3. The highest BCUT2D eigenvalue weighted by Crippen LogP contribution is 2.34. The van der Waals surface area contributed by atoms with Gasteiger partial charge in [-0.1, -0.05) is 43.6 Å². The minimum atomic E-state index is 0.395. The third-order valence-corrected chi connectivity index (χ3v) is 5.05. The van der Waals surface area contributed by atoms with Crippen molar-refractivity contribution in [1.82, 2.24) is 5.32 Å². The average molecular weight is 270 g/mol. The smallest absolute Gasteiger partial charge is 0.0450 e. The summed E-state index contributed by atoms with van der Waals surface area (Å²) in [6.07, 6.45) is 1.29. The standard InChI is InChI=1S/C14H20ClNS/c1-14(2)7-8-17-10-13(14)16-9-11-5-3-4-6-12(11)15/h3-6,13,16H,7-10H2,1-2H3. The molecule has 94 valence electrons. The Hall–Kier alpha value is -0.180. The zero-order chi connectivity index (χ0) is 12.3. The summed E-state index contributed by atoms with van der Waals surface area (Å²) < 4.78 is 0. The zero-order valence-corrected chi connectivity index (χ0v) is 12.1. The van der Waals surface area contributed by atoms with Gasteiger partial charge in [-0.05, 0) is 29.2 Å². The molecule has 1 aromatic carbocycles. The maximum atomic E-state index is 6.17. The Kier molecular flexibility index (Phi) is 4.40. The molecule has 0 aliphatic carbocycles. The maximum absolute atomic E-state index is 6.17. The van der Waals surface area contributed by atoms with Crippen LogP contribution in [0.1, 0.15) is 25.8 Å². The van der Waals surface area contributed by atoms with Gasteiger partial charge in [-0.15, -0.1) is 0 Å². The second-order valence-electron chi connectivity index (χ2n) is 5.34. The van der Waals surface area contributed by atoms with Crippen molar-refractivity contribution in [1.29, 1.82) is 0 Å². The summed E-state index contributed by atoms with van der Waals surface area (Å²) in [5.74, 6) is 2.49. The molecular weight excluding hydrogens is 250 g/mol. The van der Waals surface area contributed by atoms with Crippen molar-refractivity contribution < 1.29 is 0 Å². The van der Waals surface area contributed by atoms with Crippen LogP contribution in [0.25, 0.3) is 0 Å². The van der Waals surface area contributed by atoms with Gasteiger partial charge >= 0.3 is 0 Å². The molecule has 1 N–H and O–H groups in total. The van der Waals surface area contributed by atoms with E-state index in [1.54, 1.807) is 0 Å². The fourth-order valence-electron chi connectivity index (χ4n) is 2.15. The number of rotatable bonds is 3. The lowest BCUT2D eigenvalue weighted by Crippen LogP contribution is -2.46. The molecular formula is C14H20ClNS. The van der Waals surface area contributed by atoms with Gasteiger partial charge in [-0.25, -0.2) is 0 Å². The van der Waals surface area contributed by atoms with Crippen molar-refractivity contribution >= 4 is 23.4 Å². The molecule has 0 spiro atoms. The van der Waals surface area contributed by atoms with Crippen molar-refractivity contribution in [2.24, 2.45) is 5.41 Å². The molecule has 1 aromatic rings. The lowest BCUT2D eigenvalue weighted by Gasteiger charge is -2.39. The number of hydrogen-bond acceptors (Lipinski definition) is 2. The minimum absolute atomic E-state index is 0.395. The van der Waals surface area contributed by atoms with Crippen LogP contribution in [0, 0.1) is 5.41 Å². The molecule has 0 bridgehead atoms. The summed E-state index contributed by atoms with van der Waals surface area (Å²) in [7, 11) is 0. The molecule has 1 heterocycles. The second kappa shape index (κ2) is 5.64. The molecule has 0 aromatic heterocycles. The topological polar surface area (TPSA) is 12.0 Å². The predicted molar refractivity (Wildman–Crippen MR) is 77.8 cm³/mol. The second-order valence-corrected chi connectivity index (χ2v) is 6.90. The normalized spacial score (nSPS) is 23.6. The summed E-state index contributed by atoms with van der Waals surface area (Å²) in [5.41, 5.74) is 1.59. The largest absolute Gasteiger partial charge is 0.309 e. The molecule has 1 unspecified atom stereocenters. The molecule has 0 saturated carbocycles. The first-order valence-corrected chi connectivity index (χ1v) is 7.67. The average Bonchev–Trinajstić information content (AvgIpc) is 2.29. The number of thioether (sulfide) groups is 1. The van der Waals surface area contributed by atoms with Gasteiger partial charge in [0.15, 0.2) is 0 Å². The summed E-state index contributed by atoms with van der Waals surface area (Å²) in [5, 5.41) is 4.53. The van der Waals surface area contributed by atoms with Crippen LogP contribution in [0.5, 0.6) is 0 Å². The van der Waals surface area contributed by atoms with Crippen LogP contribution in [-0.4, -0.2) is 17.5 Å². The molecule has 1 nitrogen and oxygen atoms in total. The first-order chi connectivity index (χ1) is 8.09. The first-order valence-electron chi connectivity index (χ1n) is 6.14. The molecule has 1 atom stereocenters. The van der Waals surface area contributed by atoms with Crippen LogP contribution in [-0.2, 0) is 6.54 Å². The van der Waals surface area contributed by atoms with Crippen LogP contribution < -0.4 is 5.32 Å². The van der Waals surface area contributed by atoms with E-state index in [0.29, 0.717) is 11.5 Å². The maximum Gasteiger partial charge on any atom is 0.0450 e. The van der Waals surface area contributed by atoms with E-state index in [-0.39, 0.29) is 0 Å². The Morgan fingerprint density at radius 1 is 1.41 bits per heavy atom. The number of halogens is 1. The number of benzene rings is 1. The van der Waals surface area contributed by atoms with Gasteiger partial charge in [0, 0.05) is 23.4 Å². The van der Waals surface area contributed by atoms with Gasteiger partial charge in [0.2, 0.25) is 0 Å². The van der Waals surface area contributed by atoms with Crippen LogP contribution in [0.4, 0.5) is 0 Å². The molecule has 0 amide bonds. The van der Waals surface area contributed by atoms with Crippen molar-refractivity contribution in [2.45, 2.75) is 32.9 Å². The Morgan fingerprint density at radius 2 is 2.18 bits per heavy atom. The Balaban J connectivity index is 1.96. The summed E-state index contributed by atoms with van der Waals surface area (Å²) in [6, 6.07) is 8.66. The Labute approximate surface area is 113 Å². The van der Waals surface area contributed by atoms with Crippen molar-refractivity contribution in [2.75, 3.05) is 11.5 Å². The molecule has 2 rings (SSSR count). The van der Waals surface area contributed by atoms with Gasteiger partial charge in [-0.2, -0.15) is 11.8 Å². The van der Waals surface area contributed by atoms with Crippen molar-refractivity contribution in [3.05, 3.63) is 34.9 Å². The van der Waals surface area contributed by atoms with E-state index in [0.717, 1.165) is 11.6 Å². The lowest BCUT2D eigenvalue weighted by molar-refractivity contribution is 0.245. The van der Waals surface area contributed by atoms with Crippen LogP contribution in [0.2, 0.25) is 5.02 Å². The minimum Gasteiger partial charge on any atom is -0.309 e. The van der Waals surface area contributed by atoms with Crippen molar-refractivity contribution in [3.63, 3.8) is 0 Å². The highest BCUT2D eigenvalue weighted by atomic mass is 35.5. The zero-order valence-electron chi connectivity index (χ0n) is 10.5. The van der Waals surface area contributed by atoms with Gasteiger partial charge in [0.1, 0.15) is 0 Å². The fourth-order valence-corrected chi connectivity index (χ4v) is 3.99. The van der Waals surface area contributed by atoms with E-state index < -0.39 is 0 Å². The number of hydrogen-bond donors (Lipinski definition) is 1. The molecule has 0 radical (unpaired) electrons. The lowest BCUT2D eigenvalue weighted by atomic mass is 9.82. The van der Waals surface area contributed by atoms with E-state index in [2.05, 4.69) is 25.2 Å². The van der Waals surface area contributed by atoms with E-state index in [1.807, 2.05) is 30.0 Å². The van der Waals surface area contributed by atoms with Crippen LogP contribution >= 0.6 is 23.4 Å². The quantitative estimate of drug-likeness (QED) is 0.891. The van der Waals surface area contributed by atoms with Gasteiger partial charge in [-0.3, -0.25) is 0 Å².